The molecule has 0 spiro atoms. The molecule has 0 aliphatic heterocycles. The van der Waals surface area contributed by atoms with E-state index in [0.29, 0.717) is 54.6 Å². The molecule has 0 radical (unpaired) electrons. The zero-order valence-corrected chi connectivity index (χ0v) is 19.7. The number of methoxy groups -OCH3 is 1. The molecule has 10 nitrogen and oxygen atoms in total. The lowest BCUT2D eigenvalue weighted by atomic mass is 10.3. The van der Waals surface area contributed by atoms with Crippen LogP contribution in [0.4, 0.5) is 5.69 Å². The summed E-state index contributed by atoms with van der Waals surface area (Å²) in [5.41, 5.74) is 0.550. The van der Waals surface area contributed by atoms with Crippen molar-refractivity contribution in [3.05, 3.63) is 50.9 Å². The van der Waals surface area contributed by atoms with Crippen molar-refractivity contribution in [3.63, 3.8) is 0 Å². The van der Waals surface area contributed by atoms with E-state index in [0.717, 1.165) is 12.8 Å². The summed E-state index contributed by atoms with van der Waals surface area (Å²) in [6.07, 6.45) is 1.72. The summed E-state index contributed by atoms with van der Waals surface area (Å²) in [6, 6.07) is 7.18. The second-order valence-electron chi connectivity index (χ2n) is 7.79. The number of benzene rings is 1. The molecule has 2 N–H and O–H groups in total. The number of fused-ring (bicyclic) bond motifs is 1. The van der Waals surface area contributed by atoms with Crippen molar-refractivity contribution in [2.75, 3.05) is 25.5 Å². The normalized spacial score (nSPS) is 11.3. The lowest BCUT2D eigenvalue weighted by molar-refractivity contribution is -0.117. The van der Waals surface area contributed by atoms with E-state index in [-0.39, 0.29) is 12.5 Å². The lowest BCUT2D eigenvalue weighted by Gasteiger charge is -2.20. The van der Waals surface area contributed by atoms with Crippen LogP contribution < -0.4 is 21.3 Å². The smallest absolute Gasteiger partial charge is 0.330 e. The molecule has 178 valence electrons. The second-order valence-corrected chi connectivity index (χ2v) is 7.79. The highest BCUT2D eigenvalue weighted by molar-refractivity contribution is 5.92. The number of imidazole rings is 1. The van der Waals surface area contributed by atoms with Crippen LogP contribution in [0, 0.1) is 0 Å². The molecule has 0 fully saturated rings. The first kappa shape index (κ1) is 24.2. The van der Waals surface area contributed by atoms with Crippen molar-refractivity contribution in [2.24, 2.45) is 0 Å². The first-order valence-corrected chi connectivity index (χ1v) is 11.3. The van der Waals surface area contributed by atoms with Gasteiger partial charge in [-0.25, -0.2) is 9.78 Å². The number of ether oxygens (including phenoxy) is 1. The van der Waals surface area contributed by atoms with Gasteiger partial charge in [0.25, 0.3) is 5.56 Å². The molecular formula is C23H32N6O4. The molecule has 3 aromatic rings. The van der Waals surface area contributed by atoms with Crippen LogP contribution in [0.1, 0.15) is 39.4 Å². The summed E-state index contributed by atoms with van der Waals surface area (Å²) in [5, 5.41) is 2.88. The number of unbranched alkanes of at least 4 members (excludes halogenated alkanes) is 1. The maximum atomic E-state index is 12.6. The van der Waals surface area contributed by atoms with Crippen molar-refractivity contribution in [1.82, 2.24) is 24.0 Å². The quantitative estimate of drug-likeness (QED) is 0.457. The van der Waals surface area contributed by atoms with Gasteiger partial charge in [0.1, 0.15) is 11.6 Å². The van der Waals surface area contributed by atoms with Gasteiger partial charge in [-0.3, -0.25) is 24.0 Å². The molecular weight excluding hydrogens is 424 g/mol. The van der Waals surface area contributed by atoms with Gasteiger partial charge in [0, 0.05) is 24.8 Å². The van der Waals surface area contributed by atoms with Crippen LogP contribution in [0.25, 0.3) is 11.2 Å². The Morgan fingerprint density at radius 3 is 2.67 bits per heavy atom. The highest BCUT2D eigenvalue weighted by atomic mass is 16.5. The predicted octanol–water partition coefficient (Wildman–Crippen LogP) is 2.18. The minimum atomic E-state index is -0.446. The molecule has 0 bridgehead atoms. The maximum absolute atomic E-state index is 12.6. The number of hydrogen-bond donors (Lipinski definition) is 2. The number of aromatic amines is 1. The number of likely N-dealkylation sites (N-methyl/N-ethyl adjacent to an activating group) is 1. The van der Waals surface area contributed by atoms with Gasteiger partial charge in [0.05, 0.1) is 20.2 Å². The fourth-order valence-electron chi connectivity index (χ4n) is 3.79. The second kappa shape index (κ2) is 11.0. The van der Waals surface area contributed by atoms with Gasteiger partial charge in [0.15, 0.2) is 11.2 Å². The fraction of sp³-hybridized carbons (Fsp3) is 0.478. The van der Waals surface area contributed by atoms with Crippen LogP contribution >= 0.6 is 0 Å². The first-order chi connectivity index (χ1) is 15.9. The topological polar surface area (TPSA) is 114 Å². The first-order valence-electron chi connectivity index (χ1n) is 11.3. The summed E-state index contributed by atoms with van der Waals surface area (Å²) >= 11 is 0. The third kappa shape index (κ3) is 5.51. The Bertz CT molecular complexity index is 1230. The van der Waals surface area contributed by atoms with Crippen molar-refractivity contribution in [2.45, 2.75) is 53.2 Å². The number of hydrogen-bond acceptors (Lipinski definition) is 6. The Morgan fingerprint density at radius 1 is 1.21 bits per heavy atom. The number of anilines is 1. The van der Waals surface area contributed by atoms with E-state index in [1.165, 1.54) is 4.57 Å². The van der Waals surface area contributed by atoms with Gasteiger partial charge in [0.2, 0.25) is 5.91 Å². The molecule has 1 aromatic carbocycles. The lowest BCUT2D eigenvalue weighted by Crippen LogP contribution is -2.33. The number of nitrogens with one attached hydrogen (secondary N) is 2. The van der Waals surface area contributed by atoms with Gasteiger partial charge in [-0.2, -0.15) is 0 Å². The number of carbonyl (C=O) groups is 1. The molecule has 10 heteroatoms. The van der Waals surface area contributed by atoms with Crippen LogP contribution in [-0.4, -0.2) is 50.1 Å². The van der Waals surface area contributed by atoms with E-state index in [4.69, 9.17) is 4.74 Å². The van der Waals surface area contributed by atoms with Gasteiger partial charge >= 0.3 is 5.69 Å². The minimum Gasteiger partial charge on any atom is -0.497 e. The van der Waals surface area contributed by atoms with E-state index in [1.54, 1.807) is 19.2 Å². The average molecular weight is 457 g/mol. The predicted molar refractivity (Wildman–Crippen MR) is 128 cm³/mol. The van der Waals surface area contributed by atoms with Crippen LogP contribution in [0.15, 0.2) is 33.9 Å². The largest absolute Gasteiger partial charge is 0.497 e. The van der Waals surface area contributed by atoms with Crippen molar-refractivity contribution < 1.29 is 9.53 Å². The number of aromatic nitrogens is 4. The van der Waals surface area contributed by atoms with Crippen LogP contribution in [0.5, 0.6) is 5.75 Å². The number of amides is 1. The fourth-order valence-corrected chi connectivity index (χ4v) is 3.79. The Hall–Kier alpha value is -3.40. The highest BCUT2D eigenvalue weighted by Gasteiger charge is 2.20. The van der Waals surface area contributed by atoms with E-state index in [1.807, 2.05) is 42.4 Å². The van der Waals surface area contributed by atoms with Crippen molar-refractivity contribution in [3.8, 4) is 5.75 Å². The minimum absolute atomic E-state index is 0.152. The third-order valence-corrected chi connectivity index (χ3v) is 5.55. The molecule has 0 saturated carbocycles. The van der Waals surface area contributed by atoms with Gasteiger partial charge in [-0.15, -0.1) is 0 Å². The molecule has 2 heterocycles. The summed E-state index contributed by atoms with van der Waals surface area (Å²) in [4.78, 5) is 46.7. The van der Waals surface area contributed by atoms with Crippen LogP contribution in [-0.2, 0) is 24.4 Å². The number of aryl methyl sites for hydroxylation is 2. The molecule has 0 saturated heterocycles. The van der Waals surface area contributed by atoms with E-state index in [2.05, 4.69) is 15.3 Å². The van der Waals surface area contributed by atoms with E-state index in [9.17, 15) is 14.4 Å². The standard InChI is InChI=1S/C23H32N6O4/c1-5-8-12-29-21-20(22(31)26-23(29)32)28(7-3)18(25-21)14-27(6-2)15-19(30)24-16-10-9-11-17(13-16)33-4/h9-11,13H,5-8,12,14-15H2,1-4H3,(H,24,30)(H,26,31,32). The zero-order valence-electron chi connectivity index (χ0n) is 19.7. The Kier molecular flexibility index (Phi) is 8.05. The molecule has 0 aliphatic rings. The number of rotatable bonds is 11. The maximum Gasteiger partial charge on any atom is 0.330 e. The van der Waals surface area contributed by atoms with E-state index < -0.39 is 11.2 Å². The van der Waals surface area contributed by atoms with E-state index >= 15 is 0 Å². The summed E-state index contributed by atoms with van der Waals surface area (Å²) < 4.78 is 8.55. The SMILES string of the molecule is CCCCn1c(=O)[nH]c(=O)c2c1nc(CN(CC)CC(=O)Nc1cccc(OC)c1)n2CC. The summed E-state index contributed by atoms with van der Waals surface area (Å²) in [5.74, 6) is 1.14. The van der Waals surface area contributed by atoms with Gasteiger partial charge < -0.3 is 14.6 Å². The third-order valence-electron chi connectivity index (χ3n) is 5.55. The van der Waals surface area contributed by atoms with Gasteiger partial charge in [-0.1, -0.05) is 26.3 Å². The molecule has 0 aliphatic carbocycles. The highest BCUT2D eigenvalue weighted by Crippen LogP contribution is 2.17. The molecule has 0 atom stereocenters. The molecule has 2 aromatic heterocycles. The van der Waals surface area contributed by atoms with Crippen LogP contribution in [0.3, 0.4) is 0 Å². The van der Waals surface area contributed by atoms with Gasteiger partial charge in [-0.05, 0) is 32.0 Å². The average Bonchev–Trinajstić information content (AvgIpc) is 3.16. The van der Waals surface area contributed by atoms with Crippen molar-refractivity contribution in [1.29, 1.82) is 0 Å². The van der Waals surface area contributed by atoms with Crippen molar-refractivity contribution >= 4 is 22.8 Å². The number of H-pyrrole nitrogens is 1. The Morgan fingerprint density at radius 2 is 2.00 bits per heavy atom. The number of carbonyl (C=O) groups excluding carboxylic acids is 1. The summed E-state index contributed by atoms with van der Waals surface area (Å²) in [6.45, 7) is 8.07. The molecule has 0 unspecified atom stereocenters. The van der Waals surface area contributed by atoms with Crippen LogP contribution in [0.2, 0.25) is 0 Å². The summed E-state index contributed by atoms with van der Waals surface area (Å²) in [7, 11) is 1.58. The Labute approximate surface area is 192 Å². The Balaban J connectivity index is 1.85. The monoisotopic (exact) mass is 456 g/mol. The molecule has 3 rings (SSSR count). The molecule has 33 heavy (non-hydrogen) atoms. The zero-order chi connectivity index (χ0) is 24.0. The molecule has 1 amide bonds. The number of nitrogens with zero attached hydrogens (tertiary/aromatic N) is 4.